The van der Waals surface area contributed by atoms with Crippen molar-refractivity contribution in [3.8, 4) is 0 Å². The molecule has 0 aromatic carbocycles. The summed E-state index contributed by atoms with van der Waals surface area (Å²) in [7, 11) is 7.95. The monoisotopic (exact) mass is 339 g/mol. The number of hydroxylamine groups is 9. The number of unbranched alkanes of at least 4 members (excludes halogenated alkanes) is 1. The zero-order valence-corrected chi connectivity index (χ0v) is 15.9. The van der Waals surface area contributed by atoms with E-state index in [0.717, 1.165) is 6.29 Å². The van der Waals surface area contributed by atoms with Gasteiger partial charge in [-0.1, -0.05) is 0 Å². The van der Waals surface area contributed by atoms with Crippen LogP contribution in [0.1, 0.15) is 26.7 Å². The number of hydrogen-bond acceptors (Lipinski definition) is 5. The van der Waals surface area contributed by atoms with Crippen LogP contribution in [0.5, 0.6) is 0 Å². The minimum absolute atomic E-state index is 0.0200. The molecule has 0 saturated carbocycles. The van der Waals surface area contributed by atoms with E-state index in [9.17, 15) is 20.4 Å². The molecule has 0 aliphatic heterocycles. The number of carbonyl (C=O) groups is 1. The number of rotatable bonds is 8. The minimum atomic E-state index is -0.337. The Bertz CT molecular complexity index is 273. The maximum atomic E-state index is 10.8. The number of nitrogens with zero attached hydrogens (tertiary/aromatic N) is 3. The second kappa shape index (κ2) is 13.8. The Morgan fingerprint density at radius 1 is 0.870 bits per heavy atom. The van der Waals surface area contributed by atoms with Crippen molar-refractivity contribution in [1.82, 2.24) is 0 Å². The predicted octanol–water partition coefficient (Wildman–Crippen LogP) is 1.06. The van der Waals surface area contributed by atoms with Crippen LogP contribution in [0.2, 0.25) is 0 Å². The Morgan fingerprint density at radius 2 is 1.30 bits per heavy atom. The molecule has 0 aromatic rings. The predicted molar refractivity (Wildman–Crippen MR) is 93.7 cm³/mol. The second-order valence-corrected chi connectivity index (χ2v) is 6.56. The molecule has 23 heavy (non-hydrogen) atoms. The van der Waals surface area contributed by atoms with Crippen molar-refractivity contribution >= 4 is 6.29 Å². The van der Waals surface area contributed by atoms with Gasteiger partial charge in [0.15, 0.2) is 0 Å². The highest BCUT2D eigenvalue weighted by molar-refractivity contribution is 5.48. The van der Waals surface area contributed by atoms with Gasteiger partial charge in [0, 0.05) is 12.8 Å². The molecule has 0 amide bonds. The van der Waals surface area contributed by atoms with Crippen LogP contribution in [-0.2, 0) is 4.79 Å². The van der Waals surface area contributed by atoms with Crippen LogP contribution in [0.3, 0.4) is 0 Å². The fourth-order valence-electron chi connectivity index (χ4n) is 0.925. The number of aliphatic hydroxyl groups is 1. The van der Waals surface area contributed by atoms with Gasteiger partial charge in [-0.3, -0.25) is 0 Å². The van der Waals surface area contributed by atoms with Gasteiger partial charge in [0.25, 0.3) is 0 Å². The van der Waals surface area contributed by atoms with Crippen molar-refractivity contribution < 1.29 is 23.8 Å². The van der Waals surface area contributed by atoms with Crippen molar-refractivity contribution in [2.75, 3.05) is 68.0 Å². The van der Waals surface area contributed by atoms with Crippen molar-refractivity contribution in [3.05, 3.63) is 15.6 Å². The molecular weight excluding hydrogens is 302 g/mol. The van der Waals surface area contributed by atoms with Crippen LogP contribution in [0.4, 0.5) is 0 Å². The molecule has 0 heterocycles. The zero-order chi connectivity index (χ0) is 19.2. The van der Waals surface area contributed by atoms with Gasteiger partial charge in [-0.25, -0.2) is 0 Å². The topological polar surface area (TPSA) is 106 Å². The molecule has 0 radical (unpaired) electrons. The summed E-state index contributed by atoms with van der Waals surface area (Å²) in [5.41, 5.74) is 0. The molecule has 0 fully saturated rings. The number of carbonyl (C=O) groups excluding carboxylic acids is 1. The molecule has 8 heteroatoms. The molecule has 1 unspecified atom stereocenters. The first kappa shape index (κ1) is 27.2. The van der Waals surface area contributed by atoms with Crippen LogP contribution < -0.4 is 0 Å². The smallest absolute Gasteiger partial charge is 0.120 e. The minimum Gasteiger partial charge on any atom is -0.633 e. The van der Waals surface area contributed by atoms with Gasteiger partial charge in [-0.05, 0) is 13.8 Å². The Balaban J connectivity index is -0.000000266. The molecule has 8 nitrogen and oxygen atoms in total. The van der Waals surface area contributed by atoms with Gasteiger partial charge in [-0.15, -0.1) is 0 Å². The summed E-state index contributed by atoms with van der Waals surface area (Å²) >= 11 is 0. The molecule has 0 rings (SSSR count). The third kappa shape index (κ3) is 34.0. The lowest BCUT2D eigenvalue weighted by molar-refractivity contribution is -0.859. The number of aliphatic hydroxyl groups excluding tert-OH is 1. The van der Waals surface area contributed by atoms with E-state index in [0.29, 0.717) is 39.0 Å². The van der Waals surface area contributed by atoms with E-state index in [2.05, 4.69) is 0 Å². The summed E-state index contributed by atoms with van der Waals surface area (Å²) < 4.78 is -0.815. The Kier molecular flexibility index (Phi) is 16.3. The zero-order valence-electron chi connectivity index (χ0n) is 15.9. The summed E-state index contributed by atoms with van der Waals surface area (Å²) in [5.74, 6) is 0. The molecule has 1 atom stereocenters. The second-order valence-electron chi connectivity index (χ2n) is 6.56. The first-order chi connectivity index (χ1) is 10.2. The van der Waals surface area contributed by atoms with Crippen molar-refractivity contribution in [2.24, 2.45) is 0 Å². The summed E-state index contributed by atoms with van der Waals surface area (Å²) in [4.78, 5) is 9.78. The van der Waals surface area contributed by atoms with Crippen molar-refractivity contribution in [2.45, 2.75) is 26.7 Å². The molecule has 1 N–H and O–H groups in total. The quantitative estimate of drug-likeness (QED) is 0.308. The van der Waals surface area contributed by atoms with Crippen molar-refractivity contribution in [1.29, 1.82) is 0 Å². The van der Waals surface area contributed by atoms with Gasteiger partial charge in [0.1, 0.15) is 12.8 Å². The Morgan fingerprint density at radius 3 is 1.48 bits per heavy atom. The summed E-state index contributed by atoms with van der Waals surface area (Å²) in [6.45, 7) is 5.67. The lowest BCUT2D eigenvalue weighted by Gasteiger charge is -2.36. The molecule has 0 aliphatic rings. The SMILES string of the molecule is CC[N+](C)(C)[O-].CC[N+](C)([O-])CCO.C[N+](C)([O-])CCCC=O. The number of hydrogen-bond donors (Lipinski definition) is 1. The first-order valence-corrected chi connectivity index (χ1v) is 7.92. The molecule has 0 bridgehead atoms. The maximum absolute atomic E-state index is 10.8. The fraction of sp³-hybridized carbons (Fsp3) is 0.933. The Hall–Kier alpha value is -0.610. The number of quaternary nitrogens is 3. The van der Waals surface area contributed by atoms with Crippen LogP contribution in [-0.4, -0.2) is 93.4 Å². The van der Waals surface area contributed by atoms with Gasteiger partial charge in [0.05, 0.1) is 61.5 Å². The van der Waals surface area contributed by atoms with E-state index in [-0.39, 0.29) is 20.5 Å². The van der Waals surface area contributed by atoms with Crippen LogP contribution in [0.15, 0.2) is 0 Å². The third-order valence-electron chi connectivity index (χ3n) is 3.02. The molecule has 0 aliphatic carbocycles. The summed E-state index contributed by atoms with van der Waals surface area (Å²) in [5, 5.41) is 40.4. The van der Waals surface area contributed by atoms with Gasteiger partial charge in [0.2, 0.25) is 0 Å². The van der Waals surface area contributed by atoms with Gasteiger partial charge < -0.3 is 39.5 Å². The highest BCUT2D eigenvalue weighted by Crippen LogP contribution is 1.96. The number of aldehydes is 1. The molecule has 0 aromatic heterocycles. The molecular formula is C15H37N3O5. The maximum Gasteiger partial charge on any atom is 0.120 e. The van der Waals surface area contributed by atoms with Gasteiger partial charge >= 0.3 is 0 Å². The van der Waals surface area contributed by atoms with E-state index in [1.54, 1.807) is 35.2 Å². The Labute approximate surface area is 141 Å². The molecule has 0 spiro atoms. The number of likely N-dealkylation sites (N-methyl/N-ethyl adjacent to an activating group) is 1. The van der Waals surface area contributed by atoms with E-state index in [4.69, 9.17) is 5.11 Å². The highest BCUT2D eigenvalue weighted by Gasteiger charge is 2.02. The lowest BCUT2D eigenvalue weighted by atomic mass is 10.3. The van der Waals surface area contributed by atoms with Crippen LogP contribution >= 0.6 is 0 Å². The summed E-state index contributed by atoms with van der Waals surface area (Å²) in [6.07, 6.45) is 2.04. The van der Waals surface area contributed by atoms with E-state index in [1.165, 1.54) is 0 Å². The standard InChI is InChI=1S/C6H13NO2.C5H13NO2.C4H11NO/c1-7(2,9)5-3-4-6-8;1-3-6(2,8)4-5-7;1-4-5(2,3)6/h6H,3-5H2,1-2H3;7H,3-5H2,1-2H3;4H2,1-3H3. The molecule has 142 valence electrons. The fourth-order valence-corrected chi connectivity index (χ4v) is 0.925. The van der Waals surface area contributed by atoms with E-state index in [1.807, 2.05) is 13.8 Å². The lowest BCUT2D eigenvalue weighted by Crippen LogP contribution is -2.39. The molecule has 0 saturated heterocycles. The van der Waals surface area contributed by atoms with Gasteiger partial charge in [-0.2, -0.15) is 0 Å². The largest absolute Gasteiger partial charge is 0.633 e. The average Bonchev–Trinajstić information content (AvgIpc) is 2.38. The highest BCUT2D eigenvalue weighted by atomic mass is 16.5. The summed E-state index contributed by atoms with van der Waals surface area (Å²) in [6, 6.07) is 0. The first-order valence-electron chi connectivity index (χ1n) is 7.92. The van der Waals surface area contributed by atoms with E-state index < -0.39 is 0 Å². The third-order valence-corrected chi connectivity index (χ3v) is 3.02. The van der Waals surface area contributed by atoms with Crippen LogP contribution in [0.25, 0.3) is 0 Å². The normalized spacial score (nSPS) is 13.9. The van der Waals surface area contributed by atoms with Crippen LogP contribution in [0, 0.1) is 15.6 Å². The average molecular weight is 339 g/mol. The van der Waals surface area contributed by atoms with E-state index >= 15 is 0 Å². The van der Waals surface area contributed by atoms with Crippen molar-refractivity contribution in [3.63, 3.8) is 0 Å².